The van der Waals surface area contributed by atoms with Gasteiger partial charge in [-0.1, -0.05) is 37.3 Å². The maximum Gasteiger partial charge on any atom is 0.202 e. The van der Waals surface area contributed by atoms with Crippen LogP contribution in [0.5, 0.6) is 0 Å². The number of ketones is 1. The minimum absolute atomic E-state index is 0.0898. The van der Waals surface area contributed by atoms with Crippen molar-refractivity contribution in [3.8, 4) is 0 Å². The van der Waals surface area contributed by atoms with E-state index in [-0.39, 0.29) is 5.78 Å². The van der Waals surface area contributed by atoms with Crippen LogP contribution in [0.15, 0.2) is 41.8 Å². The van der Waals surface area contributed by atoms with E-state index in [0.717, 1.165) is 10.4 Å². The van der Waals surface area contributed by atoms with Crippen LogP contribution in [0.2, 0.25) is 0 Å². The predicted octanol–water partition coefficient (Wildman–Crippen LogP) is 3.04. The van der Waals surface area contributed by atoms with Crippen molar-refractivity contribution in [3.05, 3.63) is 57.8 Å². The van der Waals surface area contributed by atoms with Crippen molar-refractivity contribution < 1.29 is 4.79 Å². The predicted molar refractivity (Wildman–Crippen MR) is 71.7 cm³/mol. The smallest absolute Gasteiger partial charge is 0.202 e. The molecular formula is C14H15NOS. The highest BCUT2D eigenvalue weighted by molar-refractivity contribution is 7.12. The average Bonchev–Trinajstić information content (AvgIpc) is 2.91. The highest BCUT2D eigenvalue weighted by Crippen LogP contribution is 2.18. The molecule has 2 nitrogen and oxygen atoms in total. The van der Waals surface area contributed by atoms with Gasteiger partial charge in [-0.05, 0) is 29.5 Å². The first-order chi connectivity index (χ1) is 8.22. The Labute approximate surface area is 105 Å². The summed E-state index contributed by atoms with van der Waals surface area (Å²) in [7, 11) is 0. The van der Waals surface area contributed by atoms with Gasteiger partial charge in [-0.2, -0.15) is 0 Å². The molecule has 88 valence electrons. The molecule has 1 unspecified atom stereocenters. The van der Waals surface area contributed by atoms with E-state index < -0.39 is 0 Å². The van der Waals surface area contributed by atoms with Crippen molar-refractivity contribution in [2.24, 2.45) is 5.73 Å². The zero-order valence-electron chi connectivity index (χ0n) is 9.72. The minimum Gasteiger partial charge on any atom is -0.330 e. The van der Waals surface area contributed by atoms with Crippen LogP contribution in [0.3, 0.4) is 0 Å². The standard InChI is InChI=1S/C14H15NOS/c1-10(9-15)11-4-6-12(7-5-11)14(16)13-3-2-8-17-13/h2-8,10H,9,15H2,1H3. The summed E-state index contributed by atoms with van der Waals surface area (Å²) in [6, 6.07) is 11.5. The molecular weight excluding hydrogens is 230 g/mol. The zero-order chi connectivity index (χ0) is 12.3. The molecule has 0 amide bonds. The topological polar surface area (TPSA) is 43.1 Å². The number of thiophene rings is 1. The molecule has 3 heteroatoms. The molecule has 0 radical (unpaired) electrons. The largest absolute Gasteiger partial charge is 0.330 e. The second-order valence-corrected chi connectivity index (χ2v) is 5.01. The Morgan fingerprint density at radius 1 is 1.29 bits per heavy atom. The van der Waals surface area contributed by atoms with E-state index in [1.807, 2.05) is 41.8 Å². The lowest BCUT2D eigenvalue weighted by atomic mass is 9.99. The summed E-state index contributed by atoms with van der Waals surface area (Å²) in [4.78, 5) is 12.8. The van der Waals surface area contributed by atoms with Gasteiger partial charge in [0.05, 0.1) is 4.88 Å². The van der Waals surface area contributed by atoms with E-state index in [4.69, 9.17) is 5.73 Å². The first-order valence-electron chi connectivity index (χ1n) is 5.60. The van der Waals surface area contributed by atoms with E-state index >= 15 is 0 Å². The van der Waals surface area contributed by atoms with Crippen LogP contribution in [-0.2, 0) is 0 Å². The second kappa shape index (κ2) is 5.25. The number of carbonyl (C=O) groups is 1. The number of hydrogen-bond donors (Lipinski definition) is 1. The molecule has 1 aromatic heterocycles. The molecule has 0 aliphatic carbocycles. The Morgan fingerprint density at radius 2 is 2.00 bits per heavy atom. The maximum absolute atomic E-state index is 12.0. The fourth-order valence-corrected chi connectivity index (χ4v) is 2.33. The first kappa shape index (κ1) is 12.0. The van der Waals surface area contributed by atoms with Gasteiger partial charge in [-0.3, -0.25) is 4.79 Å². The van der Waals surface area contributed by atoms with Crippen LogP contribution in [0, 0.1) is 0 Å². The Hall–Kier alpha value is -1.45. The number of benzene rings is 1. The first-order valence-corrected chi connectivity index (χ1v) is 6.48. The van der Waals surface area contributed by atoms with Gasteiger partial charge in [0, 0.05) is 5.56 Å². The van der Waals surface area contributed by atoms with Gasteiger partial charge in [0.2, 0.25) is 5.78 Å². The van der Waals surface area contributed by atoms with E-state index in [1.165, 1.54) is 16.9 Å². The molecule has 1 aromatic carbocycles. The summed E-state index contributed by atoms with van der Waals surface area (Å²) in [6.45, 7) is 2.70. The summed E-state index contributed by atoms with van der Waals surface area (Å²) >= 11 is 1.47. The van der Waals surface area contributed by atoms with Gasteiger partial charge in [-0.15, -0.1) is 11.3 Å². The monoisotopic (exact) mass is 245 g/mol. The lowest BCUT2D eigenvalue weighted by Crippen LogP contribution is -2.09. The maximum atomic E-state index is 12.0. The summed E-state index contributed by atoms with van der Waals surface area (Å²) in [5, 5.41) is 1.91. The molecule has 0 saturated heterocycles. The molecule has 0 aliphatic heterocycles. The molecule has 1 atom stereocenters. The number of nitrogens with two attached hydrogens (primary N) is 1. The van der Waals surface area contributed by atoms with E-state index in [2.05, 4.69) is 6.92 Å². The molecule has 17 heavy (non-hydrogen) atoms. The van der Waals surface area contributed by atoms with Crippen molar-refractivity contribution in [2.75, 3.05) is 6.54 Å². The molecule has 2 N–H and O–H groups in total. The molecule has 0 aliphatic rings. The quantitative estimate of drug-likeness (QED) is 0.841. The Bertz CT molecular complexity index is 487. The zero-order valence-corrected chi connectivity index (χ0v) is 10.5. The van der Waals surface area contributed by atoms with Crippen LogP contribution < -0.4 is 5.73 Å². The lowest BCUT2D eigenvalue weighted by Gasteiger charge is -2.08. The van der Waals surface area contributed by atoms with Crippen molar-refractivity contribution in [2.45, 2.75) is 12.8 Å². The van der Waals surface area contributed by atoms with Gasteiger partial charge >= 0.3 is 0 Å². The third kappa shape index (κ3) is 2.62. The highest BCUT2D eigenvalue weighted by atomic mass is 32.1. The van der Waals surface area contributed by atoms with Crippen LogP contribution >= 0.6 is 11.3 Å². The van der Waals surface area contributed by atoms with Gasteiger partial charge in [0.15, 0.2) is 0 Å². The van der Waals surface area contributed by atoms with Gasteiger partial charge in [0.1, 0.15) is 0 Å². The number of carbonyl (C=O) groups excluding carboxylic acids is 1. The van der Waals surface area contributed by atoms with Crippen LogP contribution in [0.4, 0.5) is 0 Å². The van der Waals surface area contributed by atoms with Crippen molar-refractivity contribution >= 4 is 17.1 Å². The Balaban J connectivity index is 2.21. The third-order valence-corrected chi connectivity index (χ3v) is 3.71. The van der Waals surface area contributed by atoms with Crippen LogP contribution in [-0.4, -0.2) is 12.3 Å². The molecule has 0 bridgehead atoms. The fraction of sp³-hybridized carbons (Fsp3) is 0.214. The molecule has 2 rings (SSSR count). The molecule has 2 aromatic rings. The van der Waals surface area contributed by atoms with E-state index in [9.17, 15) is 4.79 Å². The van der Waals surface area contributed by atoms with Crippen molar-refractivity contribution in [3.63, 3.8) is 0 Å². The fourth-order valence-electron chi connectivity index (χ4n) is 1.65. The normalized spacial score (nSPS) is 12.4. The van der Waals surface area contributed by atoms with E-state index in [1.54, 1.807) is 0 Å². The molecule has 0 saturated carbocycles. The molecule has 0 spiro atoms. The average molecular weight is 245 g/mol. The van der Waals surface area contributed by atoms with Gasteiger partial charge in [-0.25, -0.2) is 0 Å². The SMILES string of the molecule is CC(CN)c1ccc(C(=O)c2cccs2)cc1. The number of hydrogen-bond acceptors (Lipinski definition) is 3. The Morgan fingerprint density at radius 3 is 2.53 bits per heavy atom. The summed E-state index contributed by atoms with van der Waals surface area (Å²) in [6.07, 6.45) is 0. The molecule has 0 fully saturated rings. The van der Waals surface area contributed by atoms with E-state index in [0.29, 0.717) is 12.5 Å². The van der Waals surface area contributed by atoms with Crippen molar-refractivity contribution in [1.82, 2.24) is 0 Å². The third-order valence-electron chi connectivity index (χ3n) is 2.84. The highest BCUT2D eigenvalue weighted by Gasteiger charge is 2.10. The summed E-state index contributed by atoms with van der Waals surface area (Å²) < 4.78 is 0. The Kier molecular flexibility index (Phi) is 3.71. The number of rotatable bonds is 4. The van der Waals surface area contributed by atoms with Crippen molar-refractivity contribution in [1.29, 1.82) is 0 Å². The second-order valence-electron chi connectivity index (χ2n) is 4.07. The molecule has 1 heterocycles. The van der Waals surface area contributed by atoms with Crippen LogP contribution in [0.1, 0.15) is 33.6 Å². The summed E-state index contributed by atoms with van der Waals surface area (Å²) in [5.74, 6) is 0.424. The minimum atomic E-state index is 0.0898. The summed E-state index contributed by atoms with van der Waals surface area (Å²) in [5.41, 5.74) is 7.53. The van der Waals surface area contributed by atoms with Gasteiger partial charge in [0.25, 0.3) is 0 Å². The van der Waals surface area contributed by atoms with Gasteiger partial charge < -0.3 is 5.73 Å². The van der Waals surface area contributed by atoms with Crippen LogP contribution in [0.25, 0.3) is 0 Å². The lowest BCUT2D eigenvalue weighted by molar-refractivity contribution is 0.104.